The van der Waals surface area contributed by atoms with Gasteiger partial charge in [0.1, 0.15) is 6.54 Å². The number of benzene rings is 2. The van der Waals surface area contributed by atoms with Gasteiger partial charge in [0.25, 0.3) is 5.91 Å². The molecule has 2 aromatic rings. The topological polar surface area (TPSA) is 66.9 Å². The summed E-state index contributed by atoms with van der Waals surface area (Å²) in [6.45, 7) is 2.21. The van der Waals surface area contributed by atoms with Crippen molar-refractivity contribution in [2.24, 2.45) is 5.92 Å². The first-order valence-corrected chi connectivity index (χ1v) is 11.9. The highest BCUT2D eigenvalue weighted by molar-refractivity contribution is 9.10. The number of fused-ring (bicyclic) bond motifs is 2. The molecule has 3 amide bonds. The number of amides is 3. The first-order chi connectivity index (χ1) is 15.4. The minimum Gasteiger partial charge on any atom is -0.427 e. The Kier molecular flexibility index (Phi) is 5.32. The second-order valence-electron chi connectivity index (χ2n) is 8.97. The number of halogens is 1. The Morgan fingerprint density at radius 2 is 1.97 bits per heavy atom. The lowest BCUT2D eigenvalue weighted by molar-refractivity contribution is -0.143. The molecule has 6 nitrogen and oxygen atoms in total. The molecule has 1 saturated heterocycles. The fraction of sp³-hybridized carbons (Fsp3) is 0.400. The summed E-state index contributed by atoms with van der Waals surface area (Å²) in [4.78, 5) is 42.4. The SMILES string of the molecule is C[C@@H](C1CC1)N(Cc1ccccc1)C(=O)CN1C(=O)O[C@@]2(CCc3cc(Br)ccc32)C1=O. The molecule has 0 unspecified atom stereocenters. The largest absolute Gasteiger partial charge is 0.427 e. The molecule has 0 aromatic heterocycles. The van der Waals surface area contributed by atoms with E-state index in [1.807, 2.05) is 48.5 Å². The van der Waals surface area contributed by atoms with E-state index in [0.29, 0.717) is 25.3 Å². The summed E-state index contributed by atoms with van der Waals surface area (Å²) in [5.41, 5.74) is 1.43. The molecule has 0 radical (unpaired) electrons. The number of ether oxygens (including phenoxy) is 1. The molecule has 0 N–H and O–H groups in total. The predicted octanol–water partition coefficient (Wildman–Crippen LogP) is 4.40. The third-order valence-corrected chi connectivity index (χ3v) is 7.42. The average molecular weight is 497 g/mol. The van der Waals surface area contributed by atoms with E-state index in [4.69, 9.17) is 4.74 Å². The van der Waals surface area contributed by atoms with E-state index in [1.54, 1.807) is 4.90 Å². The lowest BCUT2D eigenvalue weighted by Crippen LogP contribution is -2.47. The lowest BCUT2D eigenvalue weighted by atomic mass is 9.95. The van der Waals surface area contributed by atoms with Gasteiger partial charge >= 0.3 is 6.09 Å². The monoisotopic (exact) mass is 496 g/mol. The van der Waals surface area contributed by atoms with Gasteiger partial charge in [0, 0.05) is 29.0 Å². The van der Waals surface area contributed by atoms with Gasteiger partial charge in [-0.25, -0.2) is 9.69 Å². The van der Waals surface area contributed by atoms with Crippen molar-refractivity contribution in [3.63, 3.8) is 0 Å². The van der Waals surface area contributed by atoms with Crippen LogP contribution in [-0.4, -0.2) is 40.3 Å². The second kappa shape index (κ2) is 8.03. The Morgan fingerprint density at radius 3 is 2.69 bits per heavy atom. The molecule has 32 heavy (non-hydrogen) atoms. The smallest absolute Gasteiger partial charge is 0.418 e. The summed E-state index contributed by atoms with van der Waals surface area (Å²) in [7, 11) is 0. The number of aryl methyl sites for hydroxylation is 1. The van der Waals surface area contributed by atoms with Crippen molar-refractivity contribution in [1.29, 1.82) is 0 Å². The normalized spacial score (nSPS) is 22.8. The van der Waals surface area contributed by atoms with Gasteiger partial charge in [0.15, 0.2) is 0 Å². The van der Waals surface area contributed by atoms with Crippen LogP contribution in [0, 0.1) is 5.92 Å². The van der Waals surface area contributed by atoms with Gasteiger partial charge in [-0.15, -0.1) is 0 Å². The summed E-state index contributed by atoms with van der Waals surface area (Å²) in [6.07, 6.45) is 2.51. The zero-order valence-electron chi connectivity index (χ0n) is 17.9. The van der Waals surface area contributed by atoms with Crippen LogP contribution in [0.1, 0.15) is 42.9 Å². The van der Waals surface area contributed by atoms with Crippen LogP contribution in [0.15, 0.2) is 53.0 Å². The van der Waals surface area contributed by atoms with Crippen molar-refractivity contribution < 1.29 is 19.1 Å². The number of rotatable bonds is 6. The van der Waals surface area contributed by atoms with E-state index in [2.05, 4.69) is 22.9 Å². The molecular weight excluding hydrogens is 472 g/mol. The lowest BCUT2D eigenvalue weighted by Gasteiger charge is -2.30. The summed E-state index contributed by atoms with van der Waals surface area (Å²) in [5, 5.41) is 0. The van der Waals surface area contributed by atoms with Crippen LogP contribution in [0.25, 0.3) is 0 Å². The Morgan fingerprint density at radius 1 is 1.22 bits per heavy atom. The fourth-order valence-corrected chi connectivity index (χ4v) is 5.33. The standard InChI is InChI=1S/C25H25BrN2O4/c1-16(18-7-8-18)27(14-17-5-3-2-4-6-17)22(29)15-28-23(30)25(32-24(28)31)12-11-19-13-20(26)9-10-21(19)25/h2-6,9-10,13,16,18H,7-8,11-12,14-15H2,1H3/t16-,25+/m0/s1. The van der Waals surface area contributed by atoms with Gasteiger partial charge < -0.3 is 9.64 Å². The van der Waals surface area contributed by atoms with E-state index >= 15 is 0 Å². The van der Waals surface area contributed by atoms with Crippen molar-refractivity contribution >= 4 is 33.8 Å². The van der Waals surface area contributed by atoms with Crippen molar-refractivity contribution in [3.8, 4) is 0 Å². The van der Waals surface area contributed by atoms with E-state index in [9.17, 15) is 14.4 Å². The molecule has 166 valence electrons. The van der Waals surface area contributed by atoms with E-state index in [0.717, 1.165) is 38.9 Å². The maximum atomic E-state index is 13.4. The molecule has 2 fully saturated rings. The van der Waals surface area contributed by atoms with Gasteiger partial charge in [-0.2, -0.15) is 0 Å². The van der Waals surface area contributed by atoms with Crippen LogP contribution in [0.5, 0.6) is 0 Å². The highest BCUT2D eigenvalue weighted by Gasteiger charge is 2.58. The molecule has 1 spiro atoms. The van der Waals surface area contributed by atoms with Crippen LogP contribution in [0.2, 0.25) is 0 Å². The molecule has 1 heterocycles. The fourth-order valence-electron chi connectivity index (χ4n) is 4.92. The highest BCUT2D eigenvalue weighted by Crippen LogP contribution is 2.46. The van der Waals surface area contributed by atoms with Crippen LogP contribution >= 0.6 is 15.9 Å². The Bertz CT molecular complexity index is 1080. The molecule has 1 saturated carbocycles. The third kappa shape index (κ3) is 3.62. The number of carbonyl (C=O) groups excluding carboxylic acids is 3. The minimum absolute atomic E-state index is 0.0509. The number of carbonyl (C=O) groups is 3. The quantitative estimate of drug-likeness (QED) is 0.594. The summed E-state index contributed by atoms with van der Waals surface area (Å²) in [5.74, 6) is -0.198. The van der Waals surface area contributed by atoms with Crippen molar-refractivity contribution in [2.75, 3.05) is 6.54 Å². The first kappa shape index (κ1) is 21.2. The van der Waals surface area contributed by atoms with Gasteiger partial charge in [-0.3, -0.25) is 9.59 Å². The molecule has 7 heteroatoms. The summed E-state index contributed by atoms with van der Waals surface area (Å²) >= 11 is 3.45. The van der Waals surface area contributed by atoms with Crippen molar-refractivity contribution in [2.45, 2.75) is 50.8 Å². The number of imide groups is 1. The van der Waals surface area contributed by atoms with Crippen LogP contribution in [-0.2, 0) is 32.9 Å². The summed E-state index contributed by atoms with van der Waals surface area (Å²) in [6, 6.07) is 15.5. The third-order valence-electron chi connectivity index (χ3n) is 6.93. The number of hydrogen-bond donors (Lipinski definition) is 0. The maximum absolute atomic E-state index is 13.4. The molecule has 0 bridgehead atoms. The molecule has 1 aliphatic heterocycles. The Labute approximate surface area is 195 Å². The molecule has 5 rings (SSSR count). The molecule has 2 aromatic carbocycles. The van der Waals surface area contributed by atoms with Gasteiger partial charge in [-0.05, 0) is 55.4 Å². The molecule has 2 atom stereocenters. The minimum atomic E-state index is -1.31. The molecule has 3 aliphatic rings. The van der Waals surface area contributed by atoms with E-state index in [-0.39, 0.29) is 18.5 Å². The average Bonchev–Trinajstić information content (AvgIpc) is 3.54. The predicted molar refractivity (Wildman–Crippen MR) is 122 cm³/mol. The Hall–Kier alpha value is -2.67. The van der Waals surface area contributed by atoms with Crippen LogP contribution < -0.4 is 0 Å². The molecular formula is C25H25BrN2O4. The van der Waals surface area contributed by atoms with E-state index < -0.39 is 17.6 Å². The van der Waals surface area contributed by atoms with Crippen molar-refractivity contribution in [3.05, 3.63) is 69.7 Å². The second-order valence-corrected chi connectivity index (χ2v) is 9.89. The zero-order chi connectivity index (χ0) is 22.5. The van der Waals surface area contributed by atoms with Crippen LogP contribution in [0.3, 0.4) is 0 Å². The number of hydrogen-bond acceptors (Lipinski definition) is 4. The number of nitrogens with zero attached hydrogens (tertiary/aromatic N) is 2. The zero-order valence-corrected chi connectivity index (χ0v) is 19.5. The van der Waals surface area contributed by atoms with Gasteiger partial charge in [0.05, 0.1) is 0 Å². The summed E-state index contributed by atoms with van der Waals surface area (Å²) < 4.78 is 6.59. The van der Waals surface area contributed by atoms with Gasteiger partial charge in [-0.1, -0.05) is 52.3 Å². The van der Waals surface area contributed by atoms with Gasteiger partial charge in [0.2, 0.25) is 11.5 Å². The van der Waals surface area contributed by atoms with Crippen LogP contribution in [0.4, 0.5) is 4.79 Å². The maximum Gasteiger partial charge on any atom is 0.418 e. The Balaban J connectivity index is 1.37. The molecule has 2 aliphatic carbocycles. The first-order valence-electron chi connectivity index (χ1n) is 11.1. The highest BCUT2D eigenvalue weighted by atomic mass is 79.9. The van der Waals surface area contributed by atoms with Crippen molar-refractivity contribution in [1.82, 2.24) is 9.80 Å². The van der Waals surface area contributed by atoms with E-state index in [1.165, 1.54) is 0 Å².